The molecule has 0 radical (unpaired) electrons. The number of aliphatic carboxylic acids is 1. The van der Waals surface area contributed by atoms with Crippen LogP contribution < -0.4 is 11.2 Å². The number of anilines is 1. The first-order chi connectivity index (χ1) is 11.1. The molecule has 6 heteroatoms. The van der Waals surface area contributed by atoms with Crippen LogP contribution in [0, 0.1) is 0 Å². The van der Waals surface area contributed by atoms with Crippen molar-refractivity contribution in [1.29, 1.82) is 0 Å². The van der Waals surface area contributed by atoms with Crippen molar-refractivity contribution < 1.29 is 14.7 Å². The number of carbonyl (C=O) groups is 2. The molecule has 4 N–H and O–H groups in total. The fourth-order valence-corrected chi connectivity index (χ4v) is 2.11. The van der Waals surface area contributed by atoms with E-state index in [0.717, 1.165) is 11.1 Å². The van der Waals surface area contributed by atoms with Crippen LogP contribution in [-0.2, 0) is 11.2 Å². The monoisotopic (exact) mass is 311 g/mol. The Morgan fingerprint density at radius 2 is 1.96 bits per heavy atom. The molecule has 2 aromatic carbocycles. The average molecular weight is 311 g/mol. The van der Waals surface area contributed by atoms with Crippen LogP contribution in [0.5, 0.6) is 0 Å². The van der Waals surface area contributed by atoms with Crippen LogP contribution in [0.4, 0.5) is 5.69 Å². The number of hydrazone groups is 1. The molecule has 0 atom stereocenters. The van der Waals surface area contributed by atoms with E-state index in [2.05, 4.69) is 10.4 Å². The second-order valence-corrected chi connectivity index (χ2v) is 4.95. The van der Waals surface area contributed by atoms with Gasteiger partial charge in [-0.25, -0.2) is 0 Å². The lowest BCUT2D eigenvalue weighted by atomic mass is 10.1. The number of carboxylic acids is 1. The van der Waals surface area contributed by atoms with Crippen molar-refractivity contribution in [1.82, 2.24) is 0 Å². The normalized spacial score (nSPS) is 10.6. The zero-order valence-electron chi connectivity index (χ0n) is 12.4. The first-order valence-electron chi connectivity index (χ1n) is 7.04. The number of carboxylic acid groups (broad SMARTS) is 1. The lowest BCUT2D eigenvalue weighted by Gasteiger charge is -2.07. The molecule has 0 saturated carbocycles. The van der Waals surface area contributed by atoms with Gasteiger partial charge in [0.15, 0.2) is 0 Å². The Kier molecular flexibility index (Phi) is 5.46. The van der Waals surface area contributed by atoms with Gasteiger partial charge < -0.3 is 16.3 Å². The highest BCUT2D eigenvalue weighted by molar-refractivity contribution is 6.05. The maximum atomic E-state index is 12.3. The van der Waals surface area contributed by atoms with Gasteiger partial charge in [0.2, 0.25) is 0 Å². The number of benzene rings is 2. The summed E-state index contributed by atoms with van der Waals surface area (Å²) in [5.41, 5.74) is 2.69. The molecule has 118 valence electrons. The molecule has 1 amide bonds. The van der Waals surface area contributed by atoms with Crippen molar-refractivity contribution >= 4 is 23.8 Å². The lowest BCUT2D eigenvalue weighted by Crippen LogP contribution is -2.12. The van der Waals surface area contributed by atoms with E-state index in [1.807, 2.05) is 6.07 Å². The van der Waals surface area contributed by atoms with Gasteiger partial charge in [-0.05, 0) is 41.8 Å². The third-order valence-corrected chi connectivity index (χ3v) is 3.18. The molecule has 0 aliphatic carbocycles. The van der Waals surface area contributed by atoms with Gasteiger partial charge in [-0.1, -0.05) is 24.3 Å². The van der Waals surface area contributed by atoms with E-state index >= 15 is 0 Å². The Balaban J connectivity index is 2.09. The van der Waals surface area contributed by atoms with Crippen molar-refractivity contribution in [2.45, 2.75) is 12.8 Å². The molecule has 2 rings (SSSR count). The van der Waals surface area contributed by atoms with Crippen molar-refractivity contribution in [3.05, 3.63) is 65.2 Å². The number of nitrogens with zero attached hydrogens (tertiary/aromatic N) is 1. The predicted molar refractivity (Wildman–Crippen MR) is 88.6 cm³/mol. The van der Waals surface area contributed by atoms with Crippen molar-refractivity contribution in [3.8, 4) is 0 Å². The summed E-state index contributed by atoms with van der Waals surface area (Å²) in [5, 5.41) is 14.9. The van der Waals surface area contributed by atoms with Gasteiger partial charge in [0.25, 0.3) is 5.91 Å². The van der Waals surface area contributed by atoms with Gasteiger partial charge in [-0.3, -0.25) is 9.59 Å². The maximum absolute atomic E-state index is 12.3. The summed E-state index contributed by atoms with van der Waals surface area (Å²) in [4.78, 5) is 22.9. The summed E-state index contributed by atoms with van der Waals surface area (Å²) in [7, 11) is 0. The van der Waals surface area contributed by atoms with Crippen LogP contribution in [0.1, 0.15) is 27.9 Å². The molecular weight excluding hydrogens is 294 g/mol. The second-order valence-electron chi connectivity index (χ2n) is 4.95. The highest BCUT2D eigenvalue weighted by Crippen LogP contribution is 2.14. The molecule has 0 heterocycles. The smallest absolute Gasteiger partial charge is 0.303 e. The van der Waals surface area contributed by atoms with Crippen LogP contribution in [0.15, 0.2) is 53.6 Å². The van der Waals surface area contributed by atoms with E-state index < -0.39 is 5.97 Å². The zero-order chi connectivity index (χ0) is 16.7. The van der Waals surface area contributed by atoms with Crippen LogP contribution >= 0.6 is 0 Å². The van der Waals surface area contributed by atoms with Crippen molar-refractivity contribution in [2.75, 3.05) is 5.32 Å². The van der Waals surface area contributed by atoms with Gasteiger partial charge in [-0.2, -0.15) is 5.10 Å². The number of hydrogen-bond acceptors (Lipinski definition) is 4. The molecular formula is C17H17N3O3. The van der Waals surface area contributed by atoms with Crippen LogP contribution in [0.25, 0.3) is 0 Å². The van der Waals surface area contributed by atoms with Gasteiger partial charge in [0.05, 0.1) is 6.21 Å². The minimum atomic E-state index is -0.849. The third kappa shape index (κ3) is 4.96. The third-order valence-electron chi connectivity index (χ3n) is 3.18. The van der Waals surface area contributed by atoms with E-state index in [0.29, 0.717) is 17.7 Å². The quantitative estimate of drug-likeness (QED) is 0.432. The molecule has 0 aliphatic heterocycles. The van der Waals surface area contributed by atoms with Crippen LogP contribution in [0.3, 0.4) is 0 Å². The second kappa shape index (κ2) is 7.74. The molecule has 0 bridgehead atoms. The lowest BCUT2D eigenvalue weighted by molar-refractivity contribution is -0.136. The maximum Gasteiger partial charge on any atom is 0.303 e. The molecule has 0 aromatic heterocycles. The number of nitrogens with two attached hydrogens (primary N) is 1. The Hall–Kier alpha value is -3.15. The Morgan fingerprint density at radius 3 is 2.70 bits per heavy atom. The highest BCUT2D eigenvalue weighted by atomic mass is 16.4. The van der Waals surface area contributed by atoms with E-state index in [1.165, 1.54) is 6.21 Å². The molecule has 2 aromatic rings. The summed E-state index contributed by atoms with van der Waals surface area (Å²) in [6.07, 6.45) is 1.93. The van der Waals surface area contributed by atoms with Gasteiger partial charge in [0.1, 0.15) is 0 Å². The molecule has 0 saturated heterocycles. The van der Waals surface area contributed by atoms with Crippen LogP contribution in [0.2, 0.25) is 0 Å². The topological polar surface area (TPSA) is 105 Å². The number of rotatable bonds is 6. The summed E-state index contributed by atoms with van der Waals surface area (Å²) >= 11 is 0. The van der Waals surface area contributed by atoms with E-state index in [4.69, 9.17) is 10.9 Å². The average Bonchev–Trinajstić information content (AvgIpc) is 2.54. The molecule has 6 nitrogen and oxygen atoms in total. The largest absolute Gasteiger partial charge is 0.481 e. The minimum Gasteiger partial charge on any atom is -0.481 e. The molecule has 23 heavy (non-hydrogen) atoms. The standard InChI is InChI=1S/C17H17N3O3/c18-19-11-13-4-1-5-14(9-13)17(23)20-15-6-2-3-12(10-15)7-8-16(21)22/h1-6,9-11H,7-8,18H2,(H,20,23)(H,21,22). The Morgan fingerprint density at radius 1 is 1.17 bits per heavy atom. The number of hydrogen-bond donors (Lipinski definition) is 3. The van der Waals surface area contributed by atoms with Gasteiger partial charge in [0, 0.05) is 17.7 Å². The fourth-order valence-electron chi connectivity index (χ4n) is 2.11. The van der Waals surface area contributed by atoms with Gasteiger partial charge >= 0.3 is 5.97 Å². The molecule has 0 spiro atoms. The number of amides is 1. The van der Waals surface area contributed by atoms with E-state index in [1.54, 1.807) is 42.5 Å². The Bertz CT molecular complexity index is 741. The molecule has 0 unspecified atom stereocenters. The van der Waals surface area contributed by atoms with Crippen molar-refractivity contribution in [3.63, 3.8) is 0 Å². The zero-order valence-corrected chi connectivity index (χ0v) is 12.4. The highest BCUT2D eigenvalue weighted by Gasteiger charge is 2.07. The SMILES string of the molecule is NN=Cc1cccc(C(=O)Nc2cccc(CCC(=O)O)c2)c1. The number of nitrogens with one attached hydrogen (secondary N) is 1. The summed E-state index contributed by atoms with van der Waals surface area (Å²) in [5.74, 6) is 4.00. The fraction of sp³-hybridized carbons (Fsp3) is 0.118. The number of carbonyl (C=O) groups excluding carboxylic acids is 1. The first kappa shape index (κ1) is 16.2. The van der Waals surface area contributed by atoms with Gasteiger partial charge in [-0.15, -0.1) is 0 Å². The predicted octanol–water partition coefficient (Wildman–Crippen LogP) is 2.25. The van der Waals surface area contributed by atoms with Crippen LogP contribution in [-0.4, -0.2) is 23.2 Å². The van der Waals surface area contributed by atoms with E-state index in [-0.39, 0.29) is 12.3 Å². The molecule has 0 aliphatic rings. The first-order valence-corrected chi connectivity index (χ1v) is 7.04. The molecule has 0 fully saturated rings. The minimum absolute atomic E-state index is 0.0534. The summed E-state index contributed by atoms with van der Waals surface area (Å²) < 4.78 is 0. The summed E-state index contributed by atoms with van der Waals surface area (Å²) in [6, 6.07) is 14.0. The van der Waals surface area contributed by atoms with E-state index in [9.17, 15) is 9.59 Å². The Labute approximate surface area is 133 Å². The number of aryl methyl sites for hydroxylation is 1. The van der Waals surface area contributed by atoms with Crippen molar-refractivity contribution in [2.24, 2.45) is 10.9 Å². The summed E-state index contributed by atoms with van der Waals surface area (Å²) in [6.45, 7) is 0.